The first kappa shape index (κ1) is 22.3. The molecule has 2 unspecified atom stereocenters. The maximum absolute atomic E-state index is 11.2. The van der Waals surface area contributed by atoms with Crippen LogP contribution in [0.15, 0.2) is 41.2 Å². The third-order valence-electron chi connectivity index (χ3n) is 7.46. The Labute approximate surface area is 220 Å². The van der Waals surface area contributed by atoms with Crippen molar-refractivity contribution in [1.29, 1.82) is 0 Å². The average molecular weight is 539 g/mol. The molecule has 182 valence electrons. The Morgan fingerprint density at radius 1 is 1.17 bits per heavy atom. The van der Waals surface area contributed by atoms with E-state index >= 15 is 0 Å². The number of nitrogens with zero attached hydrogens (tertiary/aromatic N) is 4. The second-order valence-corrected chi connectivity index (χ2v) is 11.6. The van der Waals surface area contributed by atoms with Gasteiger partial charge in [0.15, 0.2) is 0 Å². The number of rotatable bonds is 6. The molecule has 2 atom stereocenters. The van der Waals surface area contributed by atoms with Gasteiger partial charge in [-0.2, -0.15) is 0 Å². The van der Waals surface area contributed by atoms with Gasteiger partial charge in [0.2, 0.25) is 5.01 Å². The van der Waals surface area contributed by atoms with Crippen molar-refractivity contribution >= 4 is 62.5 Å². The van der Waals surface area contributed by atoms with Crippen LogP contribution in [0.2, 0.25) is 10.0 Å². The van der Waals surface area contributed by atoms with Crippen molar-refractivity contribution in [2.24, 2.45) is 17.8 Å². The van der Waals surface area contributed by atoms with Crippen molar-refractivity contribution in [3.8, 4) is 11.3 Å². The van der Waals surface area contributed by atoms with E-state index in [0.717, 1.165) is 53.2 Å². The number of halogens is 2. The van der Waals surface area contributed by atoms with E-state index in [9.17, 15) is 9.90 Å². The lowest BCUT2D eigenvalue weighted by atomic mass is 10.0. The van der Waals surface area contributed by atoms with Crippen molar-refractivity contribution in [2.45, 2.75) is 18.8 Å². The molecule has 1 N–H and O–H groups in total. The van der Waals surface area contributed by atoms with Gasteiger partial charge in [0, 0.05) is 48.2 Å². The summed E-state index contributed by atoms with van der Waals surface area (Å²) in [5, 5.41) is 14.6. The highest BCUT2D eigenvalue weighted by Crippen LogP contribution is 2.54. The number of thiazole rings is 1. The number of aromatic nitrogens is 3. The lowest BCUT2D eigenvalue weighted by Crippen LogP contribution is -2.23. The molecule has 10 heteroatoms. The summed E-state index contributed by atoms with van der Waals surface area (Å²) in [6, 6.07) is 6.01. The number of carbonyl (C=O) groups is 1. The van der Waals surface area contributed by atoms with Gasteiger partial charge >= 0.3 is 5.97 Å². The molecule has 7 nitrogen and oxygen atoms in total. The Kier molecular flexibility index (Phi) is 5.13. The van der Waals surface area contributed by atoms with Crippen LogP contribution < -0.4 is 4.90 Å². The summed E-state index contributed by atoms with van der Waals surface area (Å²) in [7, 11) is 0. The van der Waals surface area contributed by atoms with Crippen LogP contribution in [0.4, 0.5) is 5.69 Å². The van der Waals surface area contributed by atoms with Gasteiger partial charge in [0.1, 0.15) is 11.5 Å². The summed E-state index contributed by atoms with van der Waals surface area (Å²) in [4.78, 5) is 21.9. The zero-order valence-electron chi connectivity index (χ0n) is 18.9. The first-order valence-electron chi connectivity index (χ1n) is 11.8. The summed E-state index contributed by atoms with van der Waals surface area (Å²) in [5.74, 6) is 2.02. The van der Waals surface area contributed by atoms with Crippen molar-refractivity contribution < 1.29 is 14.4 Å². The van der Waals surface area contributed by atoms with Crippen molar-refractivity contribution in [3.63, 3.8) is 0 Å². The van der Waals surface area contributed by atoms with E-state index in [2.05, 4.69) is 38.2 Å². The Hall–Kier alpha value is -2.94. The standard InChI is InChI=1S/C26H20Cl2N4O3S/c27-18-8-29-9-19(28)22(18)23-15(24(35-31-23)12-1-2-12)5-4-14-16-10-32(11-17(14)16)13-3-6-20-21(7-13)36-25(30-20)26(33)34/h3-9,12,14,16-17H,1-2,10-11H2,(H,33,34). The minimum atomic E-state index is -0.982. The van der Waals surface area contributed by atoms with E-state index in [0.29, 0.717) is 45.0 Å². The number of fused-ring (bicyclic) bond motifs is 2. The van der Waals surface area contributed by atoms with Crippen LogP contribution in [0.25, 0.3) is 27.6 Å². The minimum Gasteiger partial charge on any atom is -0.476 e. The van der Waals surface area contributed by atoms with Gasteiger partial charge in [-0.05, 0) is 48.8 Å². The predicted molar refractivity (Wildman–Crippen MR) is 140 cm³/mol. The van der Waals surface area contributed by atoms with Crippen LogP contribution in [-0.4, -0.2) is 39.3 Å². The fraction of sp³-hybridized carbons (Fsp3) is 0.308. The fourth-order valence-electron chi connectivity index (χ4n) is 5.41. The maximum Gasteiger partial charge on any atom is 0.365 e. The highest BCUT2D eigenvalue weighted by Gasteiger charge is 2.54. The quantitative estimate of drug-likeness (QED) is 0.294. The zero-order chi connectivity index (χ0) is 24.6. The number of hydrogen-bond acceptors (Lipinski definition) is 7. The van der Waals surface area contributed by atoms with Crippen LogP contribution in [-0.2, 0) is 0 Å². The van der Waals surface area contributed by atoms with E-state index in [1.165, 1.54) is 11.3 Å². The average Bonchev–Trinajstić information content (AvgIpc) is 3.61. The number of piperidine rings is 1. The molecule has 0 bridgehead atoms. The molecular weight excluding hydrogens is 519 g/mol. The van der Waals surface area contributed by atoms with Crippen molar-refractivity contribution in [1.82, 2.24) is 15.1 Å². The number of carboxylic acid groups (broad SMARTS) is 1. The topological polar surface area (TPSA) is 92.3 Å². The molecule has 1 aliphatic heterocycles. The van der Waals surface area contributed by atoms with Crippen molar-refractivity contribution in [3.05, 3.63) is 63.0 Å². The molecule has 3 aliphatic rings. The minimum absolute atomic E-state index is 0.129. The van der Waals surface area contributed by atoms with Crippen LogP contribution in [0.1, 0.15) is 39.9 Å². The van der Waals surface area contributed by atoms with E-state index in [1.807, 2.05) is 12.1 Å². The molecule has 1 saturated heterocycles. The second kappa shape index (κ2) is 8.30. The number of anilines is 1. The first-order valence-corrected chi connectivity index (χ1v) is 13.4. The van der Waals surface area contributed by atoms with Gasteiger partial charge in [-0.15, -0.1) is 11.3 Å². The summed E-state index contributed by atoms with van der Waals surface area (Å²) >= 11 is 14.1. The van der Waals surface area contributed by atoms with Crippen molar-refractivity contribution in [2.75, 3.05) is 18.0 Å². The number of aromatic carboxylic acids is 1. The first-order chi connectivity index (χ1) is 17.5. The smallest absolute Gasteiger partial charge is 0.365 e. The SMILES string of the molecule is O=C(O)c1nc2ccc(N3CC4C(C=Cc5c(-c6c(Cl)cncc6Cl)noc5C5CC5)C4C3)cc2s1. The van der Waals surface area contributed by atoms with E-state index in [-0.39, 0.29) is 5.01 Å². The Bertz CT molecular complexity index is 1530. The molecule has 2 saturated carbocycles. The maximum atomic E-state index is 11.2. The lowest BCUT2D eigenvalue weighted by Gasteiger charge is -2.21. The highest BCUT2D eigenvalue weighted by atomic mass is 35.5. The zero-order valence-corrected chi connectivity index (χ0v) is 21.2. The predicted octanol–water partition coefficient (Wildman–Crippen LogP) is 6.62. The summed E-state index contributed by atoms with van der Waals surface area (Å²) in [6.45, 7) is 1.95. The fourth-order valence-corrected chi connectivity index (χ4v) is 6.79. The molecule has 2 aliphatic carbocycles. The molecule has 36 heavy (non-hydrogen) atoms. The van der Waals surface area contributed by atoms with Gasteiger partial charge in [-0.25, -0.2) is 9.78 Å². The normalized spacial score (nSPS) is 23.1. The number of hydrogen-bond donors (Lipinski definition) is 1. The Balaban J connectivity index is 1.10. The summed E-state index contributed by atoms with van der Waals surface area (Å²) in [6.07, 6.45) is 9.81. The van der Waals surface area contributed by atoms with Crippen LogP contribution >= 0.6 is 34.5 Å². The highest BCUT2D eigenvalue weighted by molar-refractivity contribution is 7.20. The third kappa shape index (κ3) is 3.70. The number of carboxylic acids is 1. The summed E-state index contributed by atoms with van der Waals surface area (Å²) < 4.78 is 6.67. The van der Waals surface area contributed by atoms with Gasteiger partial charge < -0.3 is 14.5 Å². The van der Waals surface area contributed by atoms with Crippen LogP contribution in [0.3, 0.4) is 0 Å². The molecule has 4 heterocycles. The Morgan fingerprint density at radius 3 is 2.61 bits per heavy atom. The molecule has 0 radical (unpaired) electrons. The van der Waals surface area contributed by atoms with Gasteiger partial charge in [-0.3, -0.25) is 4.98 Å². The molecule has 0 amide bonds. The van der Waals surface area contributed by atoms with E-state index in [4.69, 9.17) is 27.7 Å². The molecule has 3 fully saturated rings. The monoisotopic (exact) mass is 538 g/mol. The molecule has 0 spiro atoms. The van der Waals surface area contributed by atoms with Gasteiger partial charge in [-0.1, -0.05) is 40.5 Å². The molecule has 4 aromatic rings. The van der Waals surface area contributed by atoms with Crippen LogP contribution in [0, 0.1) is 17.8 Å². The number of pyridine rings is 1. The number of benzene rings is 1. The molecule has 7 rings (SSSR count). The molecule has 1 aromatic carbocycles. The van der Waals surface area contributed by atoms with Gasteiger partial charge in [0.05, 0.1) is 20.3 Å². The molecular formula is C26H20Cl2N4O3S. The Morgan fingerprint density at radius 2 is 1.92 bits per heavy atom. The lowest BCUT2D eigenvalue weighted by molar-refractivity contribution is 0.0696. The summed E-state index contributed by atoms with van der Waals surface area (Å²) in [5.41, 5.74) is 4.17. The largest absolute Gasteiger partial charge is 0.476 e. The number of allylic oxidation sites excluding steroid dienone is 1. The third-order valence-corrected chi connectivity index (χ3v) is 9.04. The van der Waals surface area contributed by atoms with E-state index < -0.39 is 5.97 Å². The van der Waals surface area contributed by atoms with Crippen LogP contribution in [0.5, 0.6) is 0 Å². The van der Waals surface area contributed by atoms with Gasteiger partial charge in [0.25, 0.3) is 0 Å². The molecule has 3 aromatic heterocycles. The second-order valence-electron chi connectivity index (χ2n) is 9.71. The van der Waals surface area contributed by atoms with E-state index in [1.54, 1.807) is 12.4 Å².